The lowest BCUT2D eigenvalue weighted by atomic mass is 9.58. The zero-order chi connectivity index (χ0) is 24.4. The van der Waals surface area contributed by atoms with Crippen LogP contribution >= 0.6 is 27.3 Å². The molecule has 5 rings (SSSR count). The van der Waals surface area contributed by atoms with Crippen molar-refractivity contribution < 1.29 is 14.3 Å². The van der Waals surface area contributed by atoms with Crippen LogP contribution in [-0.4, -0.2) is 42.5 Å². The van der Waals surface area contributed by atoms with Gasteiger partial charge in [0.05, 0.1) is 0 Å². The lowest BCUT2D eigenvalue weighted by molar-refractivity contribution is -0.131. The van der Waals surface area contributed by atoms with Crippen LogP contribution in [0.1, 0.15) is 55.9 Å². The van der Waals surface area contributed by atoms with Crippen LogP contribution in [0.3, 0.4) is 0 Å². The molecule has 3 fully saturated rings. The number of piperidine rings is 1. The number of esters is 1. The highest BCUT2D eigenvalue weighted by atomic mass is 79.9. The van der Waals surface area contributed by atoms with Gasteiger partial charge in [-0.1, -0.05) is 12.1 Å². The molecule has 1 N–H and O–H groups in total. The number of hydrogen-bond acceptors (Lipinski definition) is 5. The topological polar surface area (TPSA) is 58.6 Å². The second-order valence-electron chi connectivity index (χ2n) is 10.4. The second-order valence-corrected chi connectivity index (χ2v) is 12.3. The zero-order valence-electron chi connectivity index (χ0n) is 20.2. The Balaban J connectivity index is 1.34. The minimum absolute atomic E-state index is 0.0191. The summed E-state index contributed by atoms with van der Waals surface area (Å²) in [7, 11) is 0. The number of nitrogens with zero attached hydrogens (tertiary/aromatic N) is 1. The molecule has 2 saturated carbocycles. The van der Waals surface area contributed by atoms with E-state index in [4.69, 9.17) is 4.74 Å². The maximum absolute atomic E-state index is 12.8. The molecule has 3 atom stereocenters. The molecule has 1 aromatic carbocycles. The molecular formula is C28H33BrN2O3S. The Bertz CT molecular complexity index is 1110. The SMILES string of the molecule is CC(=O)Oc1cccc([C@@]23CCN(CC4CC4)C[C@H]2CC[C@H](NC(=O)/C=C/c2cc(Br)cs2)C3)c1. The average molecular weight is 558 g/mol. The summed E-state index contributed by atoms with van der Waals surface area (Å²) in [5.41, 5.74) is 1.22. The summed E-state index contributed by atoms with van der Waals surface area (Å²) in [5, 5.41) is 5.31. The molecule has 0 spiro atoms. The van der Waals surface area contributed by atoms with Crippen LogP contribution in [0.5, 0.6) is 5.75 Å². The lowest BCUT2D eigenvalue weighted by Crippen LogP contribution is -2.56. The van der Waals surface area contributed by atoms with Crippen molar-refractivity contribution >= 4 is 45.2 Å². The maximum atomic E-state index is 12.8. The molecule has 7 heteroatoms. The van der Waals surface area contributed by atoms with Crippen molar-refractivity contribution in [3.63, 3.8) is 0 Å². The number of ether oxygens (including phenoxy) is 1. The largest absolute Gasteiger partial charge is 0.427 e. The number of carbonyl (C=O) groups excluding carboxylic acids is 2. The quantitative estimate of drug-likeness (QED) is 0.266. The van der Waals surface area contributed by atoms with Crippen LogP contribution < -0.4 is 10.1 Å². The van der Waals surface area contributed by atoms with Crippen molar-refractivity contribution in [2.24, 2.45) is 11.8 Å². The smallest absolute Gasteiger partial charge is 0.308 e. The molecule has 186 valence electrons. The van der Waals surface area contributed by atoms with Crippen molar-refractivity contribution in [3.05, 3.63) is 56.7 Å². The maximum Gasteiger partial charge on any atom is 0.308 e. The van der Waals surface area contributed by atoms with Crippen LogP contribution in [0.2, 0.25) is 0 Å². The second kappa shape index (κ2) is 10.6. The van der Waals surface area contributed by atoms with E-state index in [2.05, 4.69) is 38.3 Å². The molecular weight excluding hydrogens is 524 g/mol. The summed E-state index contributed by atoms with van der Waals surface area (Å²) in [6.45, 7) is 4.86. The van der Waals surface area contributed by atoms with Crippen LogP contribution in [0.25, 0.3) is 6.08 Å². The first-order valence-corrected chi connectivity index (χ1v) is 14.3. The summed E-state index contributed by atoms with van der Waals surface area (Å²) < 4.78 is 6.47. The summed E-state index contributed by atoms with van der Waals surface area (Å²) in [6.07, 6.45) is 10.4. The minimum atomic E-state index is -0.297. The molecule has 5 nitrogen and oxygen atoms in total. The van der Waals surface area contributed by atoms with Crippen LogP contribution in [-0.2, 0) is 15.0 Å². The molecule has 35 heavy (non-hydrogen) atoms. The third-order valence-electron chi connectivity index (χ3n) is 7.83. The van der Waals surface area contributed by atoms with E-state index in [1.165, 1.54) is 31.9 Å². The summed E-state index contributed by atoms with van der Waals surface area (Å²) >= 11 is 5.07. The molecule has 1 aromatic heterocycles. The average Bonchev–Trinajstić information content (AvgIpc) is 3.55. The number of hydrogen-bond donors (Lipinski definition) is 1. The van der Waals surface area contributed by atoms with Crippen molar-refractivity contribution in [3.8, 4) is 5.75 Å². The van der Waals surface area contributed by atoms with Gasteiger partial charge in [0.2, 0.25) is 5.91 Å². The van der Waals surface area contributed by atoms with Crippen molar-refractivity contribution in [1.82, 2.24) is 10.2 Å². The molecule has 0 radical (unpaired) electrons. The fraction of sp³-hybridized carbons (Fsp3) is 0.500. The van der Waals surface area contributed by atoms with Gasteiger partial charge in [0.1, 0.15) is 5.75 Å². The van der Waals surface area contributed by atoms with E-state index in [0.717, 1.165) is 54.0 Å². The Hall–Kier alpha value is -1.96. The summed E-state index contributed by atoms with van der Waals surface area (Å²) in [6, 6.07) is 10.2. The van der Waals surface area contributed by atoms with Crippen LogP contribution in [0.15, 0.2) is 46.3 Å². The summed E-state index contributed by atoms with van der Waals surface area (Å²) in [4.78, 5) is 28.1. The number of fused-ring (bicyclic) bond motifs is 1. The Labute approximate surface area is 220 Å². The molecule has 3 aliphatic rings. The molecule has 1 aliphatic heterocycles. The Morgan fingerprint density at radius 1 is 1.26 bits per heavy atom. The highest BCUT2D eigenvalue weighted by molar-refractivity contribution is 9.10. The fourth-order valence-electron chi connectivity index (χ4n) is 6.03. The number of amides is 1. The normalized spacial score (nSPS) is 26.9. The number of rotatable bonds is 7. The van der Waals surface area contributed by atoms with E-state index in [1.807, 2.05) is 29.7 Å². The first-order chi connectivity index (χ1) is 16.9. The van der Waals surface area contributed by atoms with E-state index in [1.54, 1.807) is 17.4 Å². The zero-order valence-corrected chi connectivity index (χ0v) is 22.6. The number of likely N-dealkylation sites (tertiary alicyclic amines) is 1. The predicted octanol–water partition coefficient (Wildman–Crippen LogP) is 5.79. The third-order valence-corrected chi connectivity index (χ3v) is 9.48. The third kappa shape index (κ3) is 6.07. The van der Waals surface area contributed by atoms with Crippen LogP contribution in [0, 0.1) is 11.8 Å². The fourth-order valence-corrected chi connectivity index (χ4v) is 7.37. The number of carbonyl (C=O) groups is 2. The monoisotopic (exact) mass is 556 g/mol. The number of halogens is 1. The molecule has 0 bridgehead atoms. The lowest BCUT2D eigenvalue weighted by Gasteiger charge is -2.53. The molecule has 0 unspecified atom stereocenters. The van der Waals surface area contributed by atoms with Gasteiger partial charge in [0, 0.05) is 52.3 Å². The minimum Gasteiger partial charge on any atom is -0.427 e. The Morgan fingerprint density at radius 2 is 2.11 bits per heavy atom. The molecule has 2 heterocycles. The van der Waals surface area contributed by atoms with E-state index in [-0.39, 0.29) is 23.3 Å². The van der Waals surface area contributed by atoms with Crippen molar-refractivity contribution in [1.29, 1.82) is 0 Å². The number of benzene rings is 1. The van der Waals surface area contributed by atoms with Gasteiger partial charge >= 0.3 is 5.97 Å². The standard InChI is InChI=1S/C28H33BrN2O3S/c1-19(32)34-25-4-2-3-21(13-25)28-11-12-31(16-20-5-6-20)17-22(28)7-8-24(15-28)30-27(33)10-9-26-14-23(29)18-35-26/h2-4,9-10,13-14,18,20,22,24H,5-8,11-12,15-17H2,1H3,(H,30,33)/b10-9+/t22-,24+,28+/m1/s1. The van der Waals surface area contributed by atoms with Gasteiger partial charge in [-0.15, -0.1) is 11.3 Å². The molecule has 2 aliphatic carbocycles. The van der Waals surface area contributed by atoms with E-state index >= 15 is 0 Å². The van der Waals surface area contributed by atoms with Gasteiger partial charge in [-0.2, -0.15) is 0 Å². The highest BCUT2D eigenvalue weighted by Crippen LogP contribution is 2.50. The van der Waals surface area contributed by atoms with Gasteiger partial charge in [0.25, 0.3) is 0 Å². The van der Waals surface area contributed by atoms with Gasteiger partial charge in [-0.05, 0) is 103 Å². The highest BCUT2D eigenvalue weighted by Gasteiger charge is 2.48. The Kier molecular flexibility index (Phi) is 7.47. The van der Waals surface area contributed by atoms with Crippen LogP contribution in [0.4, 0.5) is 0 Å². The number of thiophene rings is 1. The summed E-state index contributed by atoms with van der Waals surface area (Å²) in [5.74, 6) is 1.71. The van der Waals surface area contributed by atoms with E-state index in [0.29, 0.717) is 11.7 Å². The van der Waals surface area contributed by atoms with Gasteiger partial charge < -0.3 is 15.0 Å². The van der Waals surface area contributed by atoms with Crippen molar-refractivity contribution in [2.45, 2.75) is 56.9 Å². The van der Waals surface area contributed by atoms with Gasteiger partial charge in [-0.25, -0.2) is 0 Å². The van der Waals surface area contributed by atoms with Gasteiger partial charge in [0.15, 0.2) is 0 Å². The molecule has 1 amide bonds. The first-order valence-electron chi connectivity index (χ1n) is 12.6. The van der Waals surface area contributed by atoms with E-state index in [9.17, 15) is 9.59 Å². The molecule has 1 saturated heterocycles. The number of nitrogens with one attached hydrogen (secondary N) is 1. The van der Waals surface area contributed by atoms with E-state index < -0.39 is 0 Å². The molecule has 2 aromatic rings. The Morgan fingerprint density at radius 3 is 2.86 bits per heavy atom. The van der Waals surface area contributed by atoms with Crippen molar-refractivity contribution in [2.75, 3.05) is 19.6 Å². The predicted molar refractivity (Wildman–Crippen MR) is 144 cm³/mol. The first kappa shape index (κ1) is 24.7. The van der Waals surface area contributed by atoms with Gasteiger partial charge in [-0.3, -0.25) is 9.59 Å².